The largest absolute Gasteiger partial charge is 0.496 e. The minimum Gasteiger partial charge on any atom is -0.496 e. The second-order valence-corrected chi connectivity index (χ2v) is 11.5. The van der Waals surface area contributed by atoms with Crippen LogP contribution in [0.15, 0.2) is 24.3 Å². The number of ketones is 2. The molecule has 2 heterocycles. The Bertz CT molecular complexity index is 1250. The number of fused-ring (bicyclic) bond motifs is 2. The standard InChI is InChI=1S/C29H37N3O5/c1-5-22(33)20(13-16-9-6-7-11-23(16)34)31-27(35)26-25-18(29(25,2)3)15-32(26)28(36)21-14-17-19(30-21)10-8-12-24(17)37-4/h8,10,12,14,16,18,20,25-26,30H,5-7,9,11,13,15H2,1-4H3,(H,31,35)/t16-,18-,20-,25-,26-/m0/s1. The topological polar surface area (TPSA) is 109 Å². The van der Waals surface area contributed by atoms with Crippen LogP contribution >= 0.6 is 0 Å². The van der Waals surface area contributed by atoms with Crippen LogP contribution < -0.4 is 10.1 Å². The van der Waals surface area contributed by atoms with Crippen LogP contribution in [0, 0.1) is 23.2 Å². The van der Waals surface area contributed by atoms with Crippen LogP contribution in [0.5, 0.6) is 5.75 Å². The van der Waals surface area contributed by atoms with Gasteiger partial charge in [-0.05, 0) is 54.7 Å². The molecule has 5 rings (SSSR count). The van der Waals surface area contributed by atoms with Crippen LogP contribution in [0.25, 0.3) is 10.9 Å². The third-order valence-corrected chi connectivity index (χ3v) is 9.07. The Hall–Kier alpha value is -3.16. The monoisotopic (exact) mass is 507 g/mol. The van der Waals surface area contributed by atoms with Crippen LogP contribution in [-0.4, -0.2) is 59.0 Å². The molecule has 0 spiro atoms. The first kappa shape index (κ1) is 25.5. The number of ether oxygens (including phenoxy) is 1. The van der Waals surface area contributed by atoms with Gasteiger partial charge in [-0.2, -0.15) is 0 Å². The molecule has 1 aromatic carbocycles. The molecular weight excluding hydrogens is 470 g/mol. The van der Waals surface area contributed by atoms with Crippen molar-refractivity contribution in [1.29, 1.82) is 0 Å². The quantitative estimate of drug-likeness (QED) is 0.564. The molecule has 3 aliphatic rings. The summed E-state index contributed by atoms with van der Waals surface area (Å²) in [5.41, 5.74) is 1.15. The van der Waals surface area contributed by atoms with Gasteiger partial charge in [-0.3, -0.25) is 19.2 Å². The maximum atomic E-state index is 13.8. The Morgan fingerprint density at radius 3 is 2.73 bits per heavy atom. The zero-order valence-electron chi connectivity index (χ0n) is 22.1. The van der Waals surface area contributed by atoms with Gasteiger partial charge in [-0.15, -0.1) is 0 Å². The molecule has 1 aromatic heterocycles. The first-order valence-electron chi connectivity index (χ1n) is 13.5. The molecule has 0 radical (unpaired) electrons. The number of hydrogen-bond donors (Lipinski definition) is 2. The summed E-state index contributed by atoms with van der Waals surface area (Å²) >= 11 is 0. The molecule has 2 aromatic rings. The maximum Gasteiger partial charge on any atom is 0.271 e. The van der Waals surface area contributed by atoms with Crippen LogP contribution in [0.2, 0.25) is 0 Å². The van der Waals surface area contributed by atoms with E-state index < -0.39 is 12.1 Å². The third kappa shape index (κ3) is 4.44. The fraction of sp³-hybridized carbons (Fsp3) is 0.586. The van der Waals surface area contributed by atoms with Gasteiger partial charge in [0.15, 0.2) is 5.78 Å². The number of nitrogens with one attached hydrogen (secondary N) is 2. The highest BCUT2D eigenvalue weighted by molar-refractivity contribution is 6.02. The van der Waals surface area contributed by atoms with Crippen LogP contribution in [-0.2, 0) is 14.4 Å². The van der Waals surface area contributed by atoms with Crippen LogP contribution in [0.1, 0.15) is 69.8 Å². The fourth-order valence-electron chi connectivity index (χ4n) is 6.73. The summed E-state index contributed by atoms with van der Waals surface area (Å²) < 4.78 is 5.44. The predicted octanol–water partition coefficient (Wildman–Crippen LogP) is 3.89. The molecule has 0 bridgehead atoms. The lowest BCUT2D eigenvalue weighted by Gasteiger charge is -2.32. The van der Waals surface area contributed by atoms with Gasteiger partial charge in [0.25, 0.3) is 5.91 Å². The molecule has 2 N–H and O–H groups in total. The Balaban J connectivity index is 1.39. The molecule has 2 saturated carbocycles. The van der Waals surface area contributed by atoms with Gasteiger partial charge in [0, 0.05) is 36.2 Å². The van der Waals surface area contributed by atoms with Crippen LogP contribution in [0.3, 0.4) is 0 Å². The number of carbonyl (C=O) groups excluding carboxylic acids is 4. The highest BCUT2D eigenvalue weighted by atomic mass is 16.5. The molecule has 2 amide bonds. The average Bonchev–Trinajstić information content (AvgIpc) is 3.27. The molecule has 1 aliphatic heterocycles. The zero-order valence-corrected chi connectivity index (χ0v) is 22.1. The normalized spacial score (nSPS) is 27.0. The molecule has 37 heavy (non-hydrogen) atoms. The molecular formula is C29H37N3O5. The molecule has 2 aliphatic carbocycles. The number of H-pyrrole nitrogens is 1. The second-order valence-electron chi connectivity index (χ2n) is 11.5. The van der Waals surface area contributed by atoms with Gasteiger partial charge in [0.1, 0.15) is 23.3 Å². The summed E-state index contributed by atoms with van der Waals surface area (Å²) in [7, 11) is 1.59. The van der Waals surface area contributed by atoms with Crippen molar-refractivity contribution in [2.75, 3.05) is 13.7 Å². The number of piperidine rings is 1. The summed E-state index contributed by atoms with van der Waals surface area (Å²) in [5.74, 6) is 0.322. The average molecular weight is 508 g/mol. The summed E-state index contributed by atoms with van der Waals surface area (Å²) in [5, 5.41) is 3.80. The summed E-state index contributed by atoms with van der Waals surface area (Å²) in [4.78, 5) is 57.6. The molecule has 1 saturated heterocycles. The van der Waals surface area contributed by atoms with Gasteiger partial charge in [-0.1, -0.05) is 33.3 Å². The highest BCUT2D eigenvalue weighted by Crippen LogP contribution is 2.65. The van der Waals surface area contributed by atoms with Gasteiger partial charge >= 0.3 is 0 Å². The lowest BCUT2D eigenvalue weighted by Crippen LogP contribution is -2.54. The van der Waals surface area contributed by atoms with Crippen molar-refractivity contribution in [2.24, 2.45) is 23.2 Å². The van der Waals surface area contributed by atoms with E-state index in [1.54, 1.807) is 25.0 Å². The maximum absolute atomic E-state index is 13.8. The summed E-state index contributed by atoms with van der Waals surface area (Å²) in [6, 6.07) is 6.00. The van der Waals surface area contributed by atoms with E-state index in [9.17, 15) is 19.2 Å². The van der Waals surface area contributed by atoms with E-state index in [4.69, 9.17) is 4.74 Å². The fourth-order valence-corrected chi connectivity index (χ4v) is 6.73. The molecule has 0 unspecified atom stereocenters. The minimum atomic E-state index is -0.709. The van der Waals surface area contributed by atoms with Crippen LogP contribution in [0.4, 0.5) is 0 Å². The van der Waals surface area contributed by atoms with Gasteiger partial charge in [0.2, 0.25) is 5.91 Å². The summed E-state index contributed by atoms with van der Waals surface area (Å²) in [6.45, 7) is 6.54. The molecule has 5 atom stereocenters. The number of aromatic amines is 1. The smallest absolute Gasteiger partial charge is 0.271 e. The van der Waals surface area contributed by atoms with Crippen molar-refractivity contribution in [3.05, 3.63) is 30.0 Å². The number of Topliss-reactive ketones (excluding diaryl/α,β-unsaturated/α-hetero) is 2. The molecule has 3 fully saturated rings. The zero-order chi connectivity index (χ0) is 26.5. The number of likely N-dealkylation sites (tertiary alicyclic amines) is 1. The van der Waals surface area contributed by atoms with Crippen molar-refractivity contribution in [2.45, 2.75) is 71.4 Å². The first-order chi connectivity index (χ1) is 17.7. The van der Waals surface area contributed by atoms with E-state index in [0.717, 1.165) is 30.2 Å². The van der Waals surface area contributed by atoms with E-state index in [1.807, 2.05) is 18.2 Å². The van der Waals surface area contributed by atoms with Gasteiger partial charge in [-0.25, -0.2) is 0 Å². The van der Waals surface area contributed by atoms with Crippen molar-refractivity contribution in [1.82, 2.24) is 15.2 Å². The number of hydrogen-bond acceptors (Lipinski definition) is 5. The van der Waals surface area contributed by atoms with Gasteiger partial charge in [0.05, 0.1) is 13.2 Å². The number of benzene rings is 1. The highest BCUT2D eigenvalue weighted by Gasteiger charge is 2.69. The molecule has 198 valence electrons. The van der Waals surface area contributed by atoms with Crippen molar-refractivity contribution in [3.8, 4) is 5.75 Å². The van der Waals surface area contributed by atoms with E-state index in [2.05, 4.69) is 24.1 Å². The number of amides is 2. The van der Waals surface area contributed by atoms with Crippen molar-refractivity contribution in [3.63, 3.8) is 0 Å². The Morgan fingerprint density at radius 1 is 1.24 bits per heavy atom. The SMILES string of the molecule is CCC(=O)[C@H](C[C@@H]1CCCCC1=O)NC(=O)[C@@H]1[C@@H]2[C@H](CN1C(=O)c1cc3c(OC)cccc3[nH]1)C2(C)C. The third-order valence-electron chi connectivity index (χ3n) is 9.07. The van der Waals surface area contributed by atoms with E-state index >= 15 is 0 Å². The number of carbonyl (C=O) groups is 4. The summed E-state index contributed by atoms with van der Waals surface area (Å²) in [6.07, 6.45) is 3.80. The Kier molecular flexibility index (Phi) is 6.62. The van der Waals surface area contributed by atoms with E-state index in [1.165, 1.54) is 0 Å². The Morgan fingerprint density at radius 2 is 2.03 bits per heavy atom. The minimum absolute atomic E-state index is 0.0315. The molecule has 8 nitrogen and oxygen atoms in total. The van der Waals surface area contributed by atoms with Crippen molar-refractivity contribution < 1.29 is 23.9 Å². The second kappa shape index (κ2) is 9.62. The number of rotatable bonds is 8. The van der Waals surface area contributed by atoms with E-state index in [0.29, 0.717) is 30.8 Å². The number of methoxy groups -OCH3 is 1. The van der Waals surface area contributed by atoms with E-state index in [-0.39, 0.29) is 53.0 Å². The first-order valence-corrected chi connectivity index (χ1v) is 13.5. The Labute approximate surface area is 217 Å². The lowest BCUT2D eigenvalue weighted by atomic mass is 9.82. The van der Waals surface area contributed by atoms with Crippen molar-refractivity contribution >= 4 is 34.3 Å². The number of nitrogens with zero attached hydrogens (tertiary/aromatic N) is 1. The lowest BCUT2D eigenvalue weighted by molar-refractivity contribution is -0.132. The predicted molar refractivity (Wildman–Crippen MR) is 139 cm³/mol. The molecule has 8 heteroatoms. The number of aromatic nitrogens is 1. The van der Waals surface area contributed by atoms with Gasteiger partial charge < -0.3 is 19.9 Å².